The summed E-state index contributed by atoms with van der Waals surface area (Å²) in [5, 5.41) is 0.920. The first kappa shape index (κ1) is 12.8. The molecule has 0 aromatic heterocycles. The summed E-state index contributed by atoms with van der Waals surface area (Å²) in [6.45, 7) is 2.22. The fraction of sp³-hybridized carbons (Fsp3) is 0.500. The van der Waals surface area contributed by atoms with E-state index in [0.717, 1.165) is 26.1 Å². The lowest BCUT2D eigenvalue weighted by molar-refractivity contribution is 0.0498. The van der Waals surface area contributed by atoms with E-state index >= 15 is 0 Å². The van der Waals surface area contributed by atoms with Gasteiger partial charge in [0.2, 0.25) is 0 Å². The normalized spacial score (nSPS) is 17.1. The minimum absolute atomic E-state index is 0.460. The van der Waals surface area contributed by atoms with E-state index < -0.39 is 0 Å². The zero-order valence-electron chi connectivity index (χ0n) is 9.42. The van der Waals surface area contributed by atoms with Crippen LogP contribution >= 0.6 is 23.2 Å². The van der Waals surface area contributed by atoms with E-state index in [9.17, 15) is 0 Å². The molecule has 0 unspecified atom stereocenters. The summed E-state index contributed by atoms with van der Waals surface area (Å²) in [6, 6.07) is 3.29. The van der Waals surface area contributed by atoms with Gasteiger partial charge in [0.1, 0.15) is 0 Å². The first-order valence-corrected chi connectivity index (χ1v) is 6.37. The Morgan fingerprint density at radius 2 is 1.82 bits per heavy atom. The minimum Gasteiger partial charge on any atom is -0.490 e. The van der Waals surface area contributed by atoms with Gasteiger partial charge in [0.05, 0.1) is 16.7 Å². The molecule has 1 aliphatic rings. The summed E-state index contributed by atoms with van der Waals surface area (Å²) < 4.78 is 11.0. The van der Waals surface area contributed by atoms with Gasteiger partial charge in [0, 0.05) is 18.9 Å². The van der Waals surface area contributed by atoms with Crippen LogP contribution < -0.4 is 10.5 Å². The van der Waals surface area contributed by atoms with Gasteiger partial charge >= 0.3 is 0 Å². The SMILES string of the molecule is Nc1cc(Cl)c(OCC2CCOCC2)c(Cl)c1. The summed E-state index contributed by atoms with van der Waals surface area (Å²) in [6.07, 6.45) is 2.04. The molecule has 2 N–H and O–H groups in total. The lowest BCUT2D eigenvalue weighted by Gasteiger charge is -2.22. The smallest absolute Gasteiger partial charge is 0.156 e. The van der Waals surface area contributed by atoms with Gasteiger partial charge in [-0.15, -0.1) is 0 Å². The Morgan fingerprint density at radius 3 is 2.41 bits per heavy atom. The second-order valence-corrected chi connectivity index (χ2v) is 4.99. The Balaban J connectivity index is 1.98. The van der Waals surface area contributed by atoms with Gasteiger partial charge in [-0.05, 0) is 30.9 Å². The number of ether oxygens (including phenoxy) is 2. The van der Waals surface area contributed by atoms with Crippen molar-refractivity contribution in [2.45, 2.75) is 12.8 Å². The predicted octanol–water partition coefficient (Wildman–Crippen LogP) is 3.38. The molecule has 0 radical (unpaired) electrons. The fourth-order valence-electron chi connectivity index (χ4n) is 1.83. The van der Waals surface area contributed by atoms with Crippen molar-refractivity contribution in [1.29, 1.82) is 0 Å². The van der Waals surface area contributed by atoms with E-state index in [-0.39, 0.29) is 0 Å². The number of benzene rings is 1. The zero-order chi connectivity index (χ0) is 12.3. The molecule has 0 atom stereocenters. The molecule has 1 fully saturated rings. The molecule has 0 amide bonds. The van der Waals surface area contributed by atoms with Gasteiger partial charge in [0.15, 0.2) is 5.75 Å². The Morgan fingerprint density at radius 1 is 1.24 bits per heavy atom. The monoisotopic (exact) mass is 275 g/mol. The van der Waals surface area contributed by atoms with Gasteiger partial charge in [0.25, 0.3) is 0 Å². The van der Waals surface area contributed by atoms with Crippen LogP contribution in [-0.2, 0) is 4.74 Å². The van der Waals surface area contributed by atoms with E-state index in [4.69, 9.17) is 38.4 Å². The molecule has 3 nitrogen and oxygen atoms in total. The van der Waals surface area contributed by atoms with Crippen LogP contribution in [0.15, 0.2) is 12.1 Å². The van der Waals surface area contributed by atoms with Crippen molar-refractivity contribution in [3.8, 4) is 5.75 Å². The van der Waals surface area contributed by atoms with Gasteiger partial charge in [-0.25, -0.2) is 0 Å². The van der Waals surface area contributed by atoms with Crippen LogP contribution in [0.5, 0.6) is 5.75 Å². The quantitative estimate of drug-likeness (QED) is 0.861. The number of rotatable bonds is 3. The molecule has 0 spiro atoms. The average Bonchev–Trinajstić information content (AvgIpc) is 2.29. The largest absolute Gasteiger partial charge is 0.490 e. The number of hydrogen-bond donors (Lipinski definition) is 1. The van der Waals surface area contributed by atoms with E-state index in [0.29, 0.717) is 34.0 Å². The summed E-state index contributed by atoms with van der Waals surface area (Å²) in [4.78, 5) is 0. The van der Waals surface area contributed by atoms with Crippen LogP contribution in [0, 0.1) is 5.92 Å². The molecule has 17 heavy (non-hydrogen) atoms. The molecule has 2 rings (SSSR count). The number of halogens is 2. The third kappa shape index (κ3) is 3.41. The molecule has 94 valence electrons. The molecule has 0 saturated carbocycles. The van der Waals surface area contributed by atoms with E-state index in [1.807, 2.05) is 0 Å². The Labute approximate surface area is 111 Å². The lowest BCUT2D eigenvalue weighted by atomic mass is 10.0. The summed E-state index contributed by atoms with van der Waals surface area (Å²) >= 11 is 12.1. The van der Waals surface area contributed by atoms with Crippen molar-refractivity contribution in [3.63, 3.8) is 0 Å². The van der Waals surface area contributed by atoms with Crippen LogP contribution in [-0.4, -0.2) is 19.8 Å². The first-order valence-electron chi connectivity index (χ1n) is 5.62. The van der Waals surface area contributed by atoms with Crippen molar-refractivity contribution < 1.29 is 9.47 Å². The predicted molar refractivity (Wildman–Crippen MR) is 69.9 cm³/mol. The molecule has 0 aliphatic carbocycles. The van der Waals surface area contributed by atoms with E-state index in [2.05, 4.69) is 0 Å². The Kier molecular flexibility index (Phi) is 4.37. The molecule has 1 saturated heterocycles. The van der Waals surface area contributed by atoms with Crippen molar-refractivity contribution in [2.75, 3.05) is 25.6 Å². The third-order valence-corrected chi connectivity index (χ3v) is 3.39. The second-order valence-electron chi connectivity index (χ2n) is 4.18. The standard InChI is InChI=1S/C12H15Cl2NO2/c13-10-5-9(15)6-11(14)12(10)17-7-8-1-3-16-4-2-8/h5-6,8H,1-4,7,15H2. The van der Waals surface area contributed by atoms with Crippen LogP contribution in [0.1, 0.15) is 12.8 Å². The molecule has 5 heteroatoms. The van der Waals surface area contributed by atoms with Gasteiger partial charge in [-0.3, -0.25) is 0 Å². The highest BCUT2D eigenvalue weighted by Crippen LogP contribution is 2.35. The van der Waals surface area contributed by atoms with Crippen LogP contribution in [0.25, 0.3) is 0 Å². The molecule has 1 aromatic carbocycles. The minimum atomic E-state index is 0.460. The Hall–Kier alpha value is -0.640. The fourth-order valence-corrected chi connectivity index (χ4v) is 2.44. The number of anilines is 1. The van der Waals surface area contributed by atoms with Crippen LogP contribution in [0.3, 0.4) is 0 Å². The average molecular weight is 276 g/mol. The van der Waals surface area contributed by atoms with Gasteiger partial charge in [-0.1, -0.05) is 23.2 Å². The van der Waals surface area contributed by atoms with Crippen LogP contribution in [0.2, 0.25) is 10.0 Å². The highest BCUT2D eigenvalue weighted by Gasteiger charge is 2.16. The maximum absolute atomic E-state index is 6.04. The van der Waals surface area contributed by atoms with Crippen molar-refractivity contribution in [1.82, 2.24) is 0 Å². The first-order chi connectivity index (χ1) is 8.16. The molecule has 1 heterocycles. The maximum atomic E-state index is 6.04. The van der Waals surface area contributed by atoms with E-state index in [1.165, 1.54) is 0 Å². The molecular weight excluding hydrogens is 261 g/mol. The molecular formula is C12H15Cl2NO2. The maximum Gasteiger partial charge on any atom is 0.156 e. The number of hydrogen-bond acceptors (Lipinski definition) is 3. The van der Waals surface area contributed by atoms with E-state index in [1.54, 1.807) is 12.1 Å². The lowest BCUT2D eigenvalue weighted by Crippen LogP contribution is -2.21. The second kappa shape index (κ2) is 5.80. The topological polar surface area (TPSA) is 44.5 Å². The van der Waals surface area contributed by atoms with Crippen LogP contribution in [0.4, 0.5) is 5.69 Å². The highest BCUT2D eigenvalue weighted by molar-refractivity contribution is 6.37. The zero-order valence-corrected chi connectivity index (χ0v) is 10.9. The number of nitrogen functional groups attached to an aromatic ring is 1. The van der Waals surface area contributed by atoms with Gasteiger partial charge < -0.3 is 15.2 Å². The van der Waals surface area contributed by atoms with Crippen molar-refractivity contribution in [3.05, 3.63) is 22.2 Å². The summed E-state index contributed by atoms with van der Waals surface area (Å²) in [5.74, 6) is 1.03. The highest BCUT2D eigenvalue weighted by atomic mass is 35.5. The number of nitrogens with two attached hydrogens (primary N) is 1. The van der Waals surface area contributed by atoms with Gasteiger partial charge in [-0.2, -0.15) is 0 Å². The third-order valence-electron chi connectivity index (χ3n) is 2.82. The van der Waals surface area contributed by atoms with Crippen molar-refractivity contribution >= 4 is 28.9 Å². The van der Waals surface area contributed by atoms with Crippen molar-refractivity contribution in [2.24, 2.45) is 5.92 Å². The molecule has 1 aliphatic heterocycles. The summed E-state index contributed by atoms with van der Waals surface area (Å²) in [7, 11) is 0. The molecule has 0 bridgehead atoms. The Bertz CT molecular complexity index is 369. The molecule has 1 aromatic rings. The summed E-state index contributed by atoms with van der Waals surface area (Å²) in [5.41, 5.74) is 6.17.